The molecular weight excluding hydrogens is 495 g/mol. The fourth-order valence-corrected chi connectivity index (χ4v) is 6.31. The number of alkyl halides is 1. The number of rotatable bonds is 8. The number of halogens is 1. The lowest BCUT2D eigenvalue weighted by Crippen LogP contribution is -2.72. The van der Waals surface area contributed by atoms with Crippen molar-refractivity contribution < 1.29 is 28.7 Å². The maximum atomic E-state index is 12.9. The van der Waals surface area contributed by atoms with Crippen LogP contribution in [0, 0.1) is 0 Å². The molecule has 4 rings (SSSR count). The number of aliphatic imine (C=N–C) groups is 1. The Balaban J connectivity index is 1.50. The molecule has 4 heterocycles. The summed E-state index contributed by atoms with van der Waals surface area (Å²) in [7, 11) is 0. The van der Waals surface area contributed by atoms with Gasteiger partial charge in [-0.15, -0.1) is 11.3 Å². The molecule has 0 aromatic carbocycles. The Morgan fingerprint density at radius 3 is 2.94 bits per heavy atom. The number of oxime groups is 1. The van der Waals surface area contributed by atoms with Crippen LogP contribution in [0.5, 0.6) is 0 Å². The van der Waals surface area contributed by atoms with E-state index in [2.05, 4.69) is 20.4 Å². The number of thiazole rings is 1. The summed E-state index contributed by atoms with van der Waals surface area (Å²) >= 11 is 3.92. The van der Waals surface area contributed by atoms with Crippen molar-refractivity contribution >= 4 is 67.9 Å². The van der Waals surface area contributed by atoms with Crippen LogP contribution in [0.3, 0.4) is 0 Å². The molecule has 1 fully saturated rings. The Morgan fingerprint density at radius 2 is 2.30 bits per heavy atom. The molecule has 4 N–H and O–H groups in total. The molecular formula is C18H19FN6O5S3. The number of allylic oxidation sites excluding steroid dienone is 1. The van der Waals surface area contributed by atoms with Crippen molar-refractivity contribution in [2.45, 2.75) is 24.9 Å². The van der Waals surface area contributed by atoms with Gasteiger partial charge < -0.3 is 21.0 Å². The topological polar surface area (TPSA) is 160 Å². The maximum absolute atomic E-state index is 12.9. The van der Waals surface area contributed by atoms with E-state index in [9.17, 15) is 23.9 Å². The molecule has 0 spiro atoms. The summed E-state index contributed by atoms with van der Waals surface area (Å²) in [6.45, 7) is -0.469. The average molecular weight is 515 g/mol. The van der Waals surface area contributed by atoms with Crippen LogP contribution in [0.15, 0.2) is 26.1 Å². The first-order valence-electron chi connectivity index (χ1n) is 9.83. The number of carboxylic acid groups (broad SMARTS) is 1. The molecule has 0 radical (unpaired) electrons. The van der Waals surface area contributed by atoms with Gasteiger partial charge in [-0.3, -0.25) is 19.5 Å². The van der Waals surface area contributed by atoms with Crippen molar-refractivity contribution in [2.24, 2.45) is 10.1 Å². The van der Waals surface area contributed by atoms with E-state index in [4.69, 9.17) is 10.6 Å². The summed E-state index contributed by atoms with van der Waals surface area (Å²) in [5.41, 5.74) is 5.42. The quantitative estimate of drug-likeness (QED) is 0.199. The number of nitrogens with zero attached hydrogens (tertiary/aromatic N) is 4. The number of aliphatic carboxylic acids is 1. The molecule has 2 amide bonds. The third kappa shape index (κ3) is 4.84. The second-order valence-corrected chi connectivity index (χ2v) is 10.3. The molecule has 0 bridgehead atoms. The molecule has 3 aliphatic rings. The number of carboxylic acids is 1. The van der Waals surface area contributed by atoms with Crippen LogP contribution in [0.25, 0.3) is 0 Å². The van der Waals surface area contributed by atoms with E-state index in [1.165, 1.54) is 22.0 Å². The summed E-state index contributed by atoms with van der Waals surface area (Å²) in [6.07, 6.45) is 0.915. The van der Waals surface area contributed by atoms with Crippen molar-refractivity contribution in [3.8, 4) is 0 Å². The van der Waals surface area contributed by atoms with Crippen molar-refractivity contribution in [3.63, 3.8) is 0 Å². The van der Waals surface area contributed by atoms with E-state index in [1.807, 2.05) is 0 Å². The van der Waals surface area contributed by atoms with Crippen LogP contribution < -0.4 is 11.1 Å². The van der Waals surface area contributed by atoms with E-state index in [0.717, 1.165) is 21.5 Å². The minimum Gasteiger partial charge on any atom is -0.477 e. The summed E-state index contributed by atoms with van der Waals surface area (Å²) in [4.78, 5) is 52.6. The lowest BCUT2D eigenvalue weighted by atomic mass is 9.86. The van der Waals surface area contributed by atoms with E-state index >= 15 is 0 Å². The SMILES string of the molecule is Nc1nc(/C(=N\OCCF)C(=O)N[C@@H]2C(=O)N3C(C(=O)O)=C(SC4=NCCS4)CC[C@H]23)cs1. The highest BCUT2D eigenvalue weighted by Gasteiger charge is 2.54. The molecule has 33 heavy (non-hydrogen) atoms. The summed E-state index contributed by atoms with van der Waals surface area (Å²) in [5.74, 6) is -1.65. The predicted molar refractivity (Wildman–Crippen MR) is 124 cm³/mol. The van der Waals surface area contributed by atoms with Crippen molar-refractivity contribution in [2.75, 3.05) is 31.3 Å². The van der Waals surface area contributed by atoms with Crippen LogP contribution in [0.4, 0.5) is 9.52 Å². The third-order valence-corrected chi connectivity index (χ3v) is 7.94. The van der Waals surface area contributed by atoms with Gasteiger partial charge in [-0.05, 0) is 12.8 Å². The maximum Gasteiger partial charge on any atom is 0.353 e. The highest BCUT2D eigenvalue weighted by molar-refractivity contribution is 8.40. The zero-order chi connectivity index (χ0) is 23.5. The fourth-order valence-electron chi connectivity index (χ4n) is 3.57. The Kier molecular flexibility index (Phi) is 7.19. The summed E-state index contributed by atoms with van der Waals surface area (Å²) in [5, 5.41) is 17.7. The molecule has 0 aliphatic carbocycles. The van der Waals surface area contributed by atoms with E-state index in [0.29, 0.717) is 24.3 Å². The van der Waals surface area contributed by atoms with Gasteiger partial charge in [0.25, 0.3) is 11.8 Å². The smallest absolute Gasteiger partial charge is 0.353 e. The highest BCUT2D eigenvalue weighted by atomic mass is 32.2. The van der Waals surface area contributed by atoms with Gasteiger partial charge in [-0.2, -0.15) is 0 Å². The number of hydrogen-bond donors (Lipinski definition) is 3. The third-order valence-electron chi connectivity index (χ3n) is 4.95. The van der Waals surface area contributed by atoms with Crippen molar-refractivity contribution in [3.05, 3.63) is 21.7 Å². The van der Waals surface area contributed by atoms with Crippen LogP contribution in [-0.2, 0) is 19.2 Å². The van der Waals surface area contributed by atoms with Gasteiger partial charge >= 0.3 is 5.97 Å². The molecule has 0 unspecified atom stereocenters. The number of nitrogen functional groups attached to an aromatic ring is 1. The molecule has 15 heteroatoms. The van der Waals surface area contributed by atoms with Gasteiger partial charge in [0.2, 0.25) is 0 Å². The molecule has 1 saturated heterocycles. The Labute approximate surface area is 199 Å². The zero-order valence-corrected chi connectivity index (χ0v) is 19.5. The van der Waals surface area contributed by atoms with E-state index in [-0.39, 0.29) is 28.8 Å². The zero-order valence-electron chi connectivity index (χ0n) is 17.0. The van der Waals surface area contributed by atoms with Crippen molar-refractivity contribution in [1.29, 1.82) is 0 Å². The van der Waals surface area contributed by atoms with E-state index in [1.54, 1.807) is 11.8 Å². The predicted octanol–water partition coefficient (Wildman–Crippen LogP) is 1.04. The number of carbonyl (C=O) groups excluding carboxylic acids is 2. The number of β-lactam (4-membered cyclic amide) rings is 1. The van der Waals surface area contributed by atoms with Gasteiger partial charge in [-0.25, -0.2) is 14.2 Å². The number of nitrogens with two attached hydrogens (primary N) is 1. The van der Waals surface area contributed by atoms with Gasteiger partial charge in [0, 0.05) is 16.0 Å². The minimum atomic E-state index is -1.20. The molecule has 11 nitrogen and oxygen atoms in total. The van der Waals surface area contributed by atoms with Crippen LogP contribution >= 0.6 is 34.9 Å². The standard InChI is InChI=1S/C18H19FN6O5S3/c19-3-5-30-24-11(8-7-32-17(20)22-8)14(26)23-12-9-1-2-10(33-18-21-4-6-31-18)13(16(28)29)25(9)15(12)27/h7,9,12H,1-6H2,(H2,20,22)(H,23,26)(H,28,29)/b24-11+/t9-,12+/m1/s1. The largest absolute Gasteiger partial charge is 0.477 e. The minimum absolute atomic E-state index is 0.0746. The number of aromatic nitrogens is 1. The van der Waals surface area contributed by atoms with Crippen LogP contribution in [0.1, 0.15) is 18.5 Å². The van der Waals surface area contributed by atoms with Crippen molar-refractivity contribution in [1.82, 2.24) is 15.2 Å². The second-order valence-electron chi connectivity index (χ2n) is 6.97. The Morgan fingerprint density at radius 1 is 1.48 bits per heavy atom. The number of anilines is 1. The monoisotopic (exact) mass is 514 g/mol. The molecule has 176 valence electrons. The fraction of sp³-hybridized carbons (Fsp3) is 0.444. The number of hydrogen-bond acceptors (Lipinski definition) is 11. The highest BCUT2D eigenvalue weighted by Crippen LogP contribution is 2.42. The number of fused-ring (bicyclic) bond motifs is 1. The lowest BCUT2D eigenvalue weighted by Gasteiger charge is -2.50. The molecule has 3 aliphatic heterocycles. The van der Waals surface area contributed by atoms with Gasteiger partial charge in [0.15, 0.2) is 10.8 Å². The Bertz CT molecular complexity index is 1070. The number of thioether (sulfide) groups is 2. The second kappa shape index (κ2) is 10.1. The summed E-state index contributed by atoms with van der Waals surface area (Å²) < 4.78 is 13.2. The first-order valence-corrected chi connectivity index (χ1v) is 12.5. The number of carbonyl (C=O) groups is 3. The van der Waals surface area contributed by atoms with Crippen LogP contribution in [0.2, 0.25) is 0 Å². The van der Waals surface area contributed by atoms with E-state index < -0.39 is 36.5 Å². The first kappa shape index (κ1) is 23.5. The molecule has 1 aromatic heterocycles. The molecule has 0 saturated carbocycles. The average Bonchev–Trinajstić information content (AvgIpc) is 3.46. The molecule has 1 aromatic rings. The van der Waals surface area contributed by atoms with Crippen LogP contribution in [-0.4, -0.2) is 80.5 Å². The number of amides is 2. The lowest BCUT2D eigenvalue weighted by molar-refractivity contribution is -0.155. The first-order chi connectivity index (χ1) is 15.9. The summed E-state index contributed by atoms with van der Waals surface area (Å²) in [6, 6.07) is -1.44. The number of nitrogens with one attached hydrogen (secondary N) is 1. The Hall–Kier alpha value is -2.65. The van der Waals surface area contributed by atoms with Gasteiger partial charge in [0.05, 0.1) is 12.6 Å². The van der Waals surface area contributed by atoms with Gasteiger partial charge in [0.1, 0.15) is 35.1 Å². The van der Waals surface area contributed by atoms with Gasteiger partial charge in [-0.1, -0.05) is 28.7 Å². The normalized spacial score (nSPS) is 22.6. The molecule has 2 atom stereocenters.